The fraction of sp³-hybridized carbons (Fsp3) is 0.0526. The van der Waals surface area contributed by atoms with E-state index in [1.165, 1.54) is 0 Å². The molecular formula is C19H14N2O2. The van der Waals surface area contributed by atoms with Crippen molar-refractivity contribution in [1.82, 2.24) is 10.3 Å². The highest BCUT2D eigenvalue weighted by molar-refractivity contribution is 6.08. The Morgan fingerprint density at radius 2 is 1.83 bits per heavy atom. The van der Waals surface area contributed by atoms with Gasteiger partial charge in [-0.25, -0.2) is 0 Å². The standard InChI is InChI=1S/C19H14N2O2/c22-19(21-12-13-7-9-20-10-8-13)18-11-16-15-4-2-1-3-14(15)5-6-17(16)23-18/h1-11H,12H2,(H,21,22). The van der Waals surface area contributed by atoms with Crippen LogP contribution in [0.4, 0.5) is 0 Å². The molecule has 0 atom stereocenters. The number of pyridine rings is 1. The van der Waals surface area contributed by atoms with Crippen LogP contribution in [0.5, 0.6) is 0 Å². The summed E-state index contributed by atoms with van der Waals surface area (Å²) in [6, 6.07) is 17.5. The van der Waals surface area contributed by atoms with E-state index >= 15 is 0 Å². The Balaban J connectivity index is 1.63. The summed E-state index contributed by atoms with van der Waals surface area (Å²) in [5, 5.41) is 6.03. The second-order valence-corrected chi connectivity index (χ2v) is 5.35. The van der Waals surface area contributed by atoms with Crippen molar-refractivity contribution >= 4 is 27.6 Å². The Morgan fingerprint density at radius 1 is 1.00 bits per heavy atom. The number of carbonyl (C=O) groups excluding carboxylic acids is 1. The lowest BCUT2D eigenvalue weighted by Crippen LogP contribution is -2.22. The maximum atomic E-state index is 12.3. The third-order valence-electron chi connectivity index (χ3n) is 3.85. The monoisotopic (exact) mass is 302 g/mol. The molecule has 23 heavy (non-hydrogen) atoms. The van der Waals surface area contributed by atoms with Crippen LogP contribution in [0, 0.1) is 0 Å². The number of amides is 1. The van der Waals surface area contributed by atoms with Crippen molar-refractivity contribution in [2.24, 2.45) is 0 Å². The molecule has 0 aliphatic heterocycles. The molecule has 4 rings (SSSR count). The van der Waals surface area contributed by atoms with Crippen LogP contribution in [-0.4, -0.2) is 10.9 Å². The van der Waals surface area contributed by atoms with E-state index in [4.69, 9.17) is 4.42 Å². The number of hydrogen-bond acceptors (Lipinski definition) is 3. The zero-order chi connectivity index (χ0) is 15.6. The van der Waals surface area contributed by atoms with Crippen LogP contribution in [0.25, 0.3) is 21.7 Å². The highest BCUT2D eigenvalue weighted by Crippen LogP contribution is 2.28. The van der Waals surface area contributed by atoms with Crippen LogP contribution in [0.2, 0.25) is 0 Å². The molecule has 1 amide bonds. The van der Waals surface area contributed by atoms with Crippen molar-refractivity contribution in [2.45, 2.75) is 6.54 Å². The summed E-state index contributed by atoms with van der Waals surface area (Å²) in [6.07, 6.45) is 3.41. The van der Waals surface area contributed by atoms with E-state index in [9.17, 15) is 4.79 Å². The average Bonchev–Trinajstić information content (AvgIpc) is 3.05. The zero-order valence-electron chi connectivity index (χ0n) is 12.3. The molecule has 0 saturated carbocycles. The van der Waals surface area contributed by atoms with Crippen LogP contribution in [0.1, 0.15) is 16.1 Å². The highest BCUT2D eigenvalue weighted by Gasteiger charge is 2.13. The summed E-state index contributed by atoms with van der Waals surface area (Å²) in [6.45, 7) is 0.444. The van der Waals surface area contributed by atoms with E-state index in [-0.39, 0.29) is 5.91 Å². The smallest absolute Gasteiger partial charge is 0.287 e. The second kappa shape index (κ2) is 5.57. The lowest BCUT2D eigenvalue weighted by atomic mass is 10.1. The minimum atomic E-state index is -0.220. The van der Waals surface area contributed by atoms with Gasteiger partial charge in [0.15, 0.2) is 5.76 Å². The molecule has 0 aliphatic rings. The van der Waals surface area contributed by atoms with Gasteiger partial charge in [0.2, 0.25) is 0 Å². The molecule has 0 unspecified atom stereocenters. The Labute approximate surface area is 132 Å². The molecule has 0 saturated heterocycles. The Kier molecular flexibility index (Phi) is 3.27. The van der Waals surface area contributed by atoms with E-state index in [2.05, 4.69) is 10.3 Å². The molecule has 0 bridgehead atoms. The van der Waals surface area contributed by atoms with Crippen molar-refractivity contribution in [3.8, 4) is 0 Å². The maximum Gasteiger partial charge on any atom is 0.287 e. The summed E-state index contributed by atoms with van der Waals surface area (Å²) in [5.41, 5.74) is 1.72. The van der Waals surface area contributed by atoms with Gasteiger partial charge >= 0.3 is 0 Å². The van der Waals surface area contributed by atoms with Crippen LogP contribution in [0.15, 0.2) is 71.4 Å². The third-order valence-corrected chi connectivity index (χ3v) is 3.85. The summed E-state index contributed by atoms with van der Waals surface area (Å²) in [7, 11) is 0. The first kappa shape index (κ1) is 13.5. The Hall–Kier alpha value is -3.14. The zero-order valence-corrected chi connectivity index (χ0v) is 12.3. The van der Waals surface area contributed by atoms with Crippen molar-refractivity contribution in [3.05, 3.63) is 78.3 Å². The van der Waals surface area contributed by atoms with Crippen LogP contribution in [-0.2, 0) is 6.54 Å². The quantitative estimate of drug-likeness (QED) is 0.624. The second-order valence-electron chi connectivity index (χ2n) is 5.35. The molecule has 0 fully saturated rings. The van der Waals surface area contributed by atoms with Crippen molar-refractivity contribution in [3.63, 3.8) is 0 Å². The largest absolute Gasteiger partial charge is 0.451 e. The molecule has 0 radical (unpaired) electrons. The highest BCUT2D eigenvalue weighted by atomic mass is 16.3. The maximum absolute atomic E-state index is 12.3. The van der Waals surface area contributed by atoms with Gasteiger partial charge in [0, 0.05) is 24.3 Å². The normalized spacial score (nSPS) is 11.0. The molecule has 4 aromatic rings. The molecule has 1 N–H and O–H groups in total. The van der Waals surface area contributed by atoms with Gasteiger partial charge in [-0.3, -0.25) is 9.78 Å². The van der Waals surface area contributed by atoms with Crippen LogP contribution < -0.4 is 5.32 Å². The summed E-state index contributed by atoms with van der Waals surface area (Å²) in [5.74, 6) is 0.104. The summed E-state index contributed by atoms with van der Waals surface area (Å²) >= 11 is 0. The van der Waals surface area contributed by atoms with Crippen molar-refractivity contribution < 1.29 is 9.21 Å². The molecule has 112 valence electrons. The predicted octanol–water partition coefficient (Wildman–Crippen LogP) is 3.91. The number of fused-ring (bicyclic) bond motifs is 3. The number of nitrogens with zero attached hydrogens (tertiary/aromatic N) is 1. The van der Waals surface area contributed by atoms with Gasteiger partial charge in [0.1, 0.15) is 5.58 Å². The molecule has 2 aromatic carbocycles. The van der Waals surface area contributed by atoms with E-state index in [0.29, 0.717) is 12.3 Å². The van der Waals surface area contributed by atoms with Gasteiger partial charge in [-0.15, -0.1) is 0 Å². The van der Waals surface area contributed by atoms with Gasteiger partial charge in [-0.05, 0) is 40.6 Å². The molecule has 2 heterocycles. The molecule has 4 nitrogen and oxygen atoms in total. The van der Waals surface area contributed by atoms with Crippen LogP contribution >= 0.6 is 0 Å². The van der Waals surface area contributed by atoms with Gasteiger partial charge in [-0.1, -0.05) is 30.3 Å². The van der Waals surface area contributed by atoms with Gasteiger partial charge < -0.3 is 9.73 Å². The Bertz CT molecular complexity index is 990. The minimum absolute atomic E-state index is 0.220. The summed E-state index contributed by atoms with van der Waals surface area (Å²) in [4.78, 5) is 16.3. The first-order valence-electron chi connectivity index (χ1n) is 7.40. The lowest BCUT2D eigenvalue weighted by Gasteiger charge is -2.02. The molecule has 0 aliphatic carbocycles. The number of hydrogen-bond donors (Lipinski definition) is 1. The van der Waals surface area contributed by atoms with Crippen LogP contribution in [0.3, 0.4) is 0 Å². The number of rotatable bonds is 3. The topological polar surface area (TPSA) is 55.1 Å². The lowest BCUT2D eigenvalue weighted by molar-refractivity contribution is 0.0925. The third kappa shape index (κ3) is 2.55. The number of benzene rings is 2. The first-order valence-corrected chi connectivity index (χ1v) is 7.40. The fourth-order valence-corrected chi connectivity index (χ4v) is 2.67. The molecule has 0 spiro atoms. The number of furan rings is 1. The van der Waals surface area contributed by atoms with Gasteiger partial charge in [0.05, 0.1) is 0 Å². The molecule has 2 aromatic heterocycles. The Morgan fingerprint density at radius 3 is 2.70 bits per heavy atom. The number of nitrogens with one attached hydrogen (secondary N) is 1. The van der Waals surface area contributed by atoms with E-state index in [0.717, 1.165) is 27.3 Å². The van der Waals surface area contributed by atoms with E-state index in [1.54, 1.807) is 18.5 Å². The summed E-state index contributed by atoms with van der Waals surface area (Å²) < 4.78 is 5.70. The minimum Gasteiger partial charge on any atom is -0.451 e. The van der Waals surface area contributed by atoms with Crippen molar-refractivity contribution in [1.29, 1.82) is 0 Å². The van der Waals surface area contributed by atoms with Crippen molar-refractivity contribution in [2.75, 3.05) is 0 Å². The first-order chi connectivity index (χ1) is 11.3. The molecule has 4 heteroatoms. The van der Waals surface area contributed by atoms with Gasteiger partial charge in [-0.2, -0.15) is 0 Å². The number of aromatic nitrogens is 1. The predicted molar refractivity (Wildman–Crippen MR) is 89.1 cm³/mol. The average molecular weight is 302 g/mol. The SMILES string of the molecule is O=C(NCc1ccncc1)c1cc2c(ccc3ccccc32)o1. The van der Waals surface area contributed by atoms with E-state index in [1.807, 2.05) is 48.5 Å². The van der Waals surface area contributed by atoms with Gasteiger partial charge in [0.25, 0.3) is 5.91 Å². The molecular weight excluding hydrogens is 288 g/mol. The fourth-order valence-electron chi connectivity index (χ4n) is 2.67. The van der Waals surface area contributed by atoms with E-state index < -0.39 is 0 Å². The number of carbonyl (C=O) groups is 1.